The van der Waals surface area contributed by atoms with E-state index >= 15 is 0 Å². The minimum Gasteiger partial charge on any atom is -0.352 e. The van der Waals surface area contributed by atoms with Crippen molar-refractivity contribution in [3.05, 3.63) is 64.4 Å². The summed E-state index contributed by atoms with van der Waals surface area (Å²) in [6.07, 6.45) is 7.06. The van der Waals surface area contributed by atoms with Crippen molar-refractivity contribution in [2.75, 3.05) is 6.54 Å². The van der Waals surface area contributed by atoms with Crippen LogP contribution in [-0.4, -0.2) is 12.5 Å². The summed E-state index contributed by atoms with van der Waals surface area (Å²) < 4.78 is 0. The van der Waals surface area contributed by atoms with Gasteiger partial charge in [0.05, 0.1) is 0 Å². The first kappa shape index (κ1) is 14.1. The molecule has 3 rings (SSSR count). The fourth-order valence-electron chi connectivity index (χ4n) is 2.82. The largest absolute Gasteiger partial charge is 0.352 e. The summed E-state index contributed by atoms with van der Waals surface area (Å²) in [4.78, 5) is 13.1. The van der Waals surface area contributed by atoms with E-state index < -0.39 is 0 Å². The van der Waals surface area contributed by atoms with Crippen molar-refractivity contribution in [1.29, 1.82) is 0 Å². The maximum atomic E-state index is 12.0. The molecule has 0 unspecified atom stereocenters. The van der Waals surface area contributed by atoms with Crippen LogP contribution in [0.25, 0.3) is 6.08 Å². The Hall–Kier alpha value is -1.87. The van der Waals surface area contributed by atoms with Gasteiger partial charge in [-0.25, -0.2) is 0 Å². The van der Waals surface area contributed by atoms with Crippen LogP contribution in [0, 0.1) is 0 Å². The lowest BCUT2D eigenvalue weighted by molar-refractivity contribution is -0.116. The van der Waals surface area contributed by atoms with E-state index in [4.69, 9.17) is 0 Å². The second kappa shape index (κ2) is 6.27. The van der Waals surface area contributed by atoms with Gasteiger partial charge < -0.3 is 5.32 Å². The van der Waals surface area contributed by atoms with Gasteiger partial charge >= 0.3 is 0 Å². The van der Waals surface area contributed by atoms with Crippen LogP contribution in [0.15, 0.2) is 53.9 Å². The van der Waals surface area contributed by atoms with Crippen LogP contribution in [0.5, 0.6) is 0 Å². The Labute approximate surface area is 129 Å². The molecule has 0 radical (unpaired) electrons. The van der Waals surface area contributed by atoms with Crippen molar-refractivity contribution in [3.8, 4) is 0 Å². The quantitative estimate of drug-likeness (QED) is 0.830. The van der Waals surface area contributed by atoms with Crippen molar-refractivity contribution < 1.29 is 4.79 Å². The van der Waals surface area contributed by atoms with Crippen LogP contribution in [-0.2, 0) is 10.2 Å². The van der Waals surface area contributed by atoms with Gasteiger partial charge in [-0.15, -0.1) is 11.3 Å². The highest BCUT2D eigenvalue weighted by molar-refractivity contribution is 7.10. The van der Waals surface area contributed by atoms with Crippen molar-refractivity contribution >= 4 is 23.3 Å². The molecule has 2 aromatic rings. The second-order valence-electron chi connectivity index (χ2n) is 5.57. The van der Waals surface area contributed by atoms with Gasteiger partial charge in [-0.1, -0.05) is 42.8 Å². The molecule has 1 aliphatic carbocycles. The first-order chi connectivity index (χ1) is 10.3. The van der Waals surface area contributed by atoms with Gasteiger partial charge in [-0.2, -0.15) is 0 Å². The molecule has 1 fully saturated rings. The van der Waals surface area contributed by atoms with Gasteiger partial charge in [-0.05, 0) is 35.9 Å². The Bertz CT molecular complexity index is 612. The van der Waals surface area contributed by atoms with Crippen molar-refractivity contribution in [2.24, 2.45) is 0 Å². The number of hydrogen-bond acceptors (Lipinski definition) is 2. The van der Waals surface area contributed by atoms with Gasteiger partial charge in [0.1, 0.15) is 0 Å². The standard InChI is InChI=1S/C18H19NOS/c20-17(10-9-16-8-4-13-21-16)19-14-18(11-5-12-18)15-6-2-1-3-7-15/h1-4,6-10,13H,5,11-12,14H2,(H,19,20). The van der Waals surface area contributed by atoms with Gasteiger partial charge in [0.25, 0.3) is 0 Å². The smallest absolute Gasteiger partial charge is 0.244 e. The summed E-state index contributed by atoms with van der Waals surface area (Å²) in [5, 5.41) is 5.08. The SMILES string of the molecule is O=C(C=Cc1cccs1)NCC1(c2ccccc2)CCC1. The molecule has 1 aromatic heterocycles. The third kappa shape index (κ3) is 3.24. The van der Waals surface area contributed by atoms with Gasteiger partial charge in [0, 0.05) is 22.9 Å². The molecule has 1 aliphatic rings. The maximum Gasteiger partial charge on any atom is 0.244 e. The molecule has 21 heavy (non-hydrogen) atoms. The molecule has 0 aliphatic heterocycles. The van der Waals surface area contributed by atoms with E-state index in [0.29, 0.717) is 0 Å². The molecule has 1 N–H and O–H groups in total. The highest BCUT2D eigenvalue weighted by Gasteiger charge is 2.38. The molecule has 1 aromatic carbocycles. The van der Waals surface area contributed by atoms with Crippen molar-refractivity contribution in [1.82, 2.24) is 5.32 Å². The molecular weight excluding hydrogens is 278 g/mol. The topological polar surface area (TPSA) is 29.1 Å². The van der Waals surface area contributed by atoms with E-state index in [2.05, 4.69) is 29.6 Å². The molecule has 1 saturated carbocycles. The van der Waals surface area contributed by atoms with Crippen LogP contribution in [0.4, 0.5) is 0 Å². The van der Waals surface area contributed by atoms with Gasteiger partial charge in [-0.3, -0.25) is 4.79 Å². The van der Waals surface area contributed by atoms with E-state index in [-0.39, 0.29) is 11.3 Å². The fraction of sp³-hybridized carbons (Fsp3) is 0.278. The van der Waals surface area contributed by atoms with E-state index in [1.165, 1.54) is 12.0 Å². The molecule has 0 atom stereocenters. The number of thiophene rings is 1. The number of hydrogen-bond donors (Lipinski definition) is 1. The molecule has 0 spiro atoms. The van der Waals surface area contributed by atoms with Crippen molar-refractivity contribution in [2.45, 2.75) is 24.7 Å². The summed E-state index contributed by atoms with van der Waals surface area (Å²) in [5.74, 6) is -0.00870. The lowest BCUT2D eigenvalue weighted by Gasteiger charge is -2.42. The van der Waals surface area contributed by atoms with Crippen LogP contribution in [0.2, 0.25) is 0 Å². The molecule has 3 heteroatoms. The Morgan fingerprint density at radius 1 is 1.19 bits per heavy atom. The number of nitrogens with one attached hydrogen (secondary N) is 1. The van der Waals surface area contributed by atoms with Crippen LogP contribution >= 0.6 is 11.3 Å². The normalized spacial score (nSPS) is 16.6. The number of amides is 1. The van der Waals surface area contributed by atoms with Crippen LogP contribution < -0.4 is 5.32 Å². The number of carbonyl (C=O) groups excluding carboxylic acids is 1. The molecule has 0 bridgehead atoms. The molecule has 0 saturated heterocycles. The zero-order valence-electron chi connectivity index (χ0n) is 11.9. The molecule has 1 amide bonds. The Morgan fingerprint density at radius 3 is 2.62 bits per heavy atom. The summed E-state index contributed by atoms with van der Waals surface area (Å²) >= 11 is 1.63. The predicted octanol–water partition coefficient (Wildman–Crippen LogP) is 4.00. The third-order valence-corrected chi connectivity index (χ3v) is 5.08. The highest BCUT2D eigenvalue weighted by Crippen LogP contribution is 2.43. The number of benzene rings is 1. The average molecular weight is 297 g/mol. The van der Waals surface area contributed by atoms with Gasteiger partial charge in [0.2, 0.25) is 5.91 Å². The summed E-state index contributed by atoms with van der Waals surface area (Å²) in [5.41, 5.74) is 1.49. The molecular formula is C18H19NOS. The van der Waals surface area contributed by atoms with E-state index in [1.54, 1.807) is 17.4 Å². The minimum atomic E-state index is -0.00870. The Balaban J connectivity index is 1.60. The predicted molar refractivity (Wildman–Crippen MR) is 88.3 cm³/mol. The zero-order valence-corrected chi connectivity index (χ0v) is 12.7. The number of rotatable bonds is 5. The lowest BCUT2D eigenvalue weighted by atomic mass is 9.64. The Morgan fingerprint density at radius 2 is 2.00 bits per heavy atom. The Kier molecular flexibility index (Phi) is 4.20. The molecule has 108 valence electrons. The van der Waals surface area contributed by atoms with Crippen molar-refractivity contribution in [3.63, 3.8) is 0 Å². The monoisotopic (exact) mass is 297 g/mol. The first-order valence-corrected chi connectivity index (χ1v) is 8.21. The fourth-order valence-corrected chi connectivity index (χ4v) is 3.44. The lowest BCUT2D eigenvalue weighted by Crippen LogP contribution is -2.45. The van der Waals surface area contributed by atoms with E-state index in [9.17, 15) is 4.79 Å². The first-order valence-electron chi connectivity index (χ1n) is 7.33. The molecule has 2 nitrogen and oxygen atoms in total. The summed E-state index contributed by atoms with van der Waals surface area (Å²) in [6, 6.07) is 14.5. The third-order valence-electron chi connectivity index (χ3n) is 4.24. The zero-order chi connectivity index (χ0) is 14.5. The summed E-state index contributed by atoms with van der Waals surface area (Å²) in [7, 11) is 0. The highest BCUT2D eigenvalue weighted by atomic mass is 32.1. The van der Waals surface area contributed by atoms with Gasteiger partial charge in [0.15, 0.2) is 0 Å². The second-order valence-corrected chi connectivity index (χ2v) is 6.55. The minimum absolute atomic E-state index is 0.00870. The summed E-state index contributed by atoms with van der Waals surface area (Å²) in [6.45, 7) is 0.727. The average Bonchev–Trinajstić information content (AvgIpc) is 2.98. The van der Waals surface area contributed by atoms with E-state index in [1.807, 2.05) is 29.7 Å². The molecule has 1 heterocycles. The maximum absolute atomic E-state index is 12.0. The van der Waals surface area contributed by atoms with E-state index in [0.717, 1.165) is 24.3 Å². The van der Waals surface area contributed by atoms with Crippen LogP contribution in [0.3, 0.4) is 0 Å². The van der Waals surface area contributed by atoms with Crippen LogP contribution in [0.1, 0.15) is 29.7 Å². The number of carbonyl (C=O) groups is 1.